The highest BCUT2D eigenvalue weighted by molar-refractivity contribution is 5.94. The van der Waals surface area contributed by atoms with Crippen molar-refractivity contribution >= 4 is 22.7 Å². The van der Waals surface area contributed by atoms with Crippen LogP contribution in [0.25, 0.3) is 22.2 Å². The molecule has 0 radical (unpaired) electrons. The number of fused-ring (bicyclic) bond motifs is 1. The molecule has 0 saturated carbocycles. The Bertz CT molecular complexity index is 1450. The molecule has 0 amide bonds. The van der Waals surface area contributed by atoms with Gasteiger partial charge in [-0.3, -0.25) is 4.79 Å². The summed E-state index contributed by atoms with van der Waals surface area (Å²) in [4.78, 5) is 26.6. The van der Waals surface area contributed by atoms with Gasteiger partial charge in [-0.15, -0.1) is 5.10 Å². The summed E-state index contributed by atoms with van der Waals surface area (Å²) in [5, 5.41) is 18.7. The van der Waals surface area contributed by atoms with Crippen molar-refractivity contribution in [2.24, 2.45) is 7.05 Å². The molecule has 9 heteroatoms. The first-order chi connectivity index (χ1) is 16.4. The zero-order valence-corrected chi connectivity index (χ0v) is 19.1. The molecule has 174 valence electrons. The second kappa shape index (κ2) is 8.75. The second-order valence-electron chi connectivity index (χ2n) is 8.42. The van der Waals surface area contributed by atoms with Crippen molar-refractivity contribution in [3.63, 3.8) is 0 Å². The van der Waals surface area contributed by atoms with Crippen LogP contribution in [0.3, 0.4) is 0 Å². The first-order valence-electron chi connectivity index (χ1n) is 11.1. The lowest BCUT2D eigenvalue weighted by Gasteiger charge is -2.31. The molecule has 0 aliphatic carbocycles. The summed E-state index contributed by atoms with van der Waals surface area (Å²) in [5.41, 5.74) is 4.06. The second-order valence-corrected chi connectivity index (χ2v) is 8.42. The minimum Gasteiger partial charge on any atom is -0.478 e. The lowest BCUT2D eigenvalue weighted by atomic mass is 10.0. The van der Waals surface area contributed by atoms with Crippen molar-refractivity contribution in [1.29, 1.82) is 0 Å². The number of benzene rings is 2. The molecular formula is C25H25N5O4. The summed E-state index contributed by atoms with van der Waals surface area (Å²) in [5.74, 6) is -0.104. The molecule has 1 aliphatic rings. The van der Waals surface area contributed by atoms with Gasteiger partial charge in [-0.1, -0.05) is 29.5 Å². The third kappa shape index (κ3) is 3.84. The molecule has 2 aromatic heterocycles. The molecule has 0 atom stereocenters. The molecule has 0 bridgehead atoms. The van der Waals surface area contributed by atoms with Crippen LogP contribution >= 0.6 is 0 Å². The van der Waals surface area contributed by atoms with Crippen molar-refractivity contribution in [2.45, 2.75) is 13.5 Å². The number of para-hydroxylation sites is 1. The highest BCUT2D eigenvalue weighted by Gasteiger charge is 2.19. The number of aryl methyl sites for hydroxylation is 1. The zero-order chi connectivity index (χ0) is 23.8. The maximum Gasteiger partial charge on any atom is 0.335 e. The van der Waals surface area contributed by atoms with E-state index < -0.39 is 5.97 Å². The van der Waals surface area contributed by atoms with Gasteiger partial charge in [-0.2, -0.15) is 0 Å². The number of ether oxygens (including phenoxy) is 1. The standard InChI is InChI=1S/C25H25N5O4/c1-16-17(5-3-6-18(16)25(32)33)14-30-15-21(26-27-30)19-7-4-8-20-22(31)13-23(28(2)24(19)20)29-9-11-34-12-10-29/h3-8,13,15H,9-12,14H2,1-2H3,(H,32,33). The van der Waals surface area contributed by atoms with Crippen molar-refractivity contribution in [3.8, 4) is 11.3 Å². The largest absolute Gasteiger partial charge is 0.478 e. The first kappa shape index (κ1) is 21.8. The average molecular weight is 460 g/mol. The molecule has 0 unspecified atom stereocenters. The van der Waals surface area contributed by atoms with Crippen LogP contribution in [0.5, 0.6) is 0 Å². The monoisotopic (exact) mass is 459 g/mol. The Morgan fingerprint density at radius 2 is 1.91 bits per heavy atom. The first-order valence-corrected chi connectivity index (χ1v) is 11.1. The summed E-state index contributed by atoms with van der Waals surface area (Å²) in [7, 11) is 1.96. The number of hydrogen-bond acceptors (Lipinski definition) is 6. The van der Waals surface area contributed by atoms with E-state index in [1.165, 1.54) is 0 Å². The van der Waals surface area contributed by atoms with Gasteiger partial charge in [0.15, 0.2) is 5.43 Å². The molecule has 1 N–H and O–H groups in total. The fraction of sp³-hybridized carbons (Fsp3) is 0.280. The molecule has 1 saturated heterocycles. The summed E-state index contributed by atoms with van der Waals surface area (Å²) < 4.78 is 9.19. The Hall–Kier alpha value is -3.98. The number of carboxylic acid groups (broad SMARTS) is 1. The Balaban J connectivity index is 1.56. The molecule has 2 aromatic carbocycles. The van der Waals surface area contributed by atoms with E-state index in [9.17, 15) is 14.7 Å². The predicted octanol–water partition coefficient (Wildman–Crippen LogP) is 2.69. The van der Waals surface area contributed by atoms with Gasteiger partial charge in [0.2, 0.25) is 0 Å². The number of carboxylic acids is 1. The van der Waals surface area contributed by atoms with Gasteiger partial charge in [0.05, 0.1) is 37.0 Å². The van der Waals surface area contributed by atoms with Gasteiger partial charge >= 0.3 is 5.97 Å². The number of pyridine rings is 1. The summed E-state index contributed by atoms with van der Waals surface area (Å²) in [6.45, 7) is 4.90. The fourth-order valence-corrected chi connectivity index (χ4v) is 4.57. The highest BCUT2D eigenvalue weighted by atomic mass is 16.5. The van der Waals surface area contributed by atoms with E-state index in [4.69, 9.17) is 4.74 Å². The fourth-order valence-electron chi connectivity index (χ4n) is 4.57. The van der Waals surface area contributed by atoms with Gasteiger partial charge < -0.3 is 19.3 Å². The van der Waals surface area contributed by atoms with Gasteiger partial charge in [0, 0.05) is 37.2 Å². The van der Waals surface area contributed by atoms with E-state index in [2.05, 4.69) is 15.2 Å². The number of morpholine rings is 1. The molecule has 3 heterocycles. The van der Waals surface area contributed by atoms with Crippen LogP contribution in [-0.2, 0) is 18.3 Å². The van der Waals surface area contributed by atoms with Crippen LogP contribution in [0.4, 0.5) is 5.82 Å². The van der Waals surface area contributed by atoms with Crippen LogP contribution < -0.4 is 10.3 Å². The topological polar surface area (TPSA) is 102 Å². The molecule has 0 spiro atoms. The Morgan fingerprint density at radius 1 is 1.15 bits per heavy atom. The van der Waals surface area contributed by atoms with Gasteiger partial charge in [0.1, 0.15) is 11.5 Å². The van der Waals surface area contributed by atoms with Crippen LogP contribution in [0.1, 0.15) is 21.5 Å². The third-order valence-electron chi connectivity index (χ3n) is 6.40. The Kier molecular flexibility index (Phi) is 5.62. The molecule has 1 aliphatic heterocycles. The van der Waals surface area contributed by atoms with Crippen molar-refractivity contribution in [3.05, 3.63) is 75.6 Å². The van der Waals surface area contributed by atoms with Crippen LogP contribution in [0.15, 0.2) is 53.5 Å². The Labute approximate surface area is 195 Å². The van der Waals surface area contributed by atoms with Crippen molar-refractivity contribution < 1.29 is 14.6 Å². The average Bonchev–Trinajstić information content (AvgIpc) is 3.31. The highest BCUT2D eigenvalue weighted by Crippen LogP contribution is 2.29. The number of carbonyl (C=O) groups is 1. The number of anilines is 1. The van der Waals surface area contributed by atoms with Gasteiger partial charge in [-0.05, 0) is 30.2 Å². The van der Waals surface area contributed by atoms with E-state index >= 15 is 0 Å². The van der Waals surface area contributed by atoms with E-state index in [-0.39, 0.29) is 11.0 Å². The molecule has 1 fully saturated rings. The normalized spacial score (nSPS) is 14.0. The molecular weight excluding hydrogens is 434 g/mol. The van der Waals surface area contributed by atoms with E-state index in [1.54, 1.807) is 29.8 Å². The summed E-state index contributed by atoms with van der Waals surface area (Å²) in [6, 6.07) is 12.5. The molecule has 5 rings (SSSR count). The minimum atomic E-state index is -0.952. The van der Waals surface area contributed by atoms with E-state index in [1.807, 2.05) is 42.1 Å². The minimum absolute atomic E-state index is 0.0371. The van der Waals surface area contributed by atoms with Crippen molar-refractivity contribution in [2.75, 3.05) is 31.2 Å². The van der Waals surface area contributed by atoms with Crippen molar-refractivity contribution in [1.82, 2.24) is 19.6 Å². The van der Waals surface area contributed by atoms with Crippen LogP contribution in [-0.4, -0.2) is 56.9 Å². The van der Waals surface area contributed by atoms with E-state index in [0.29, 0.717) is 36.4 Å². The molecule has 34 heavy (non-hydrogen) atoms. The predicted molar refractivity (Wildman–Crippen MR) is 128 cm³/mol. The van der Waals surface area contributed by atoms with Crippen LogP contribution in [0.2, 0.25) is 0 Å². The summed E-state index contributed by atoms with van der Waals surface area (Å²) >= 11 is 0. The quantitative estimate of drug-likeness (QED) is 0.490. The maximum atomic E-state index is 13.0. The SMILES string of the molecule is Cc1c(Cn2cc(-c3cccc4c(=O)cc(N5CCOCC5)n(C)c34)nn2)cccc1C(=O)O. The van der Waals surface area contributed by atoms with Gasteiger partial charge in [0.25, 0.3) is 0 Å². The van der Waals surface area contributed by atoms with Gasteiger partial charge in [-0.25, -0.2) is 9.48 Å². The number of rotatable bonds is 5. The maximum absolute atomic E-state index is 13.0. The summed E-state index contributed by atoms with van der Waals surface area (Å²) in [6.07, 6.45) is 1.83. The molecule has 9 nitrogen and oxygen atoms in total. The molecule has 4 aromatic rings. The van der Waals surface area contributed by atoms with Crippen LogP contribution in [0, 0.1) is 6.92 Å². The number of nitrogens with zero attached hydrogens (tertiary/aromatic N) is 5. The number of hydrogen-bond donors (Lipinski definition) is 1. The third-order valence-corrected chi connectivity index (χ3v) is 6.40. The lowest BCUT2D eigenvalue weighted by Crippen LogP contribution is -2.38. The Morgan fingerprint density at radius 3 is 2.68 bits per heavy atom. The lowest BCUT2D eigenvalue weighted by molar-refractivity contribution is 0.0696. The zero-order valence-electron chi connectivity index (χ0n) is 19.1. The number of aromatic nitrogens is 4. The number of aromatic carboxylic acids is 1. The van der Waals surface area contributed by atoms with E-state index in [0.717, 1.165) is 35.6 Å². The smallest absolute Gasteiger partial charge is 0.335 e.